The number of aromatic nitrogens is 2. The fourth-order valence-corrected chi connectivity index (χ4v) is 4.68. The fraction of sp³-hybridized carbons (Fsp3) is 0.545. The molecule has 3 heterocycles. The topological polar surface area (TPSA) is 47.4 Å². The number of piperidine rings is 1. The molecule has 27 heavy (non-hydrogen) atoms. The minimum Gasteiger partial charge on any atom is -0.496 e. The van der Waals surface area contributed by atoms with E-state index in [-0.39, 0.29) is 5.56 Å². The molecule has 5 nitrogen and oxygen atoms in total. The Bertz CT molecular complexity index is 903. The van der Waals surface area contributed by atoms with Crippen molar-refractivity contribution in [1.82, 2.24) is 14.5 Å². The molecule has 1 unspecified atom stereocenters. The van der Waals surface area contributed by atoms with Gasteiger partial charge in [-0.3, -0.25) is 9.69 Å². The molecule has 0 spiro atoms. The predicted octanol–water partition coefficient (Wildman–Crippen LogP) is 3.19. The van der Waals surface area contributed by atoms with E-state index in [1.165, 1.54) is 28.8 Å². The van der Waals surface area contributed by atoms with Gasteiger partial charge < -0.3 is 9.30 Å². The Kier molecular flexibility index (Phi) is 5.04. The second-order valence-electron chi connectivity index (χ2n) is 7.94. The van der Waals surface area contributed by atoms with Crippen LogP contribution in [0, 0.1) is 13.8 Å². The van der Waals surface area contributed by atoms with Crippen LogP contribution in [0.1, 0.15) is 53.4 Å². The minimum atomic E-state index is -0.0723. The van der Waals surface area contributed by atoms with Crippen LogP contribution < -0.4 is 10.3 Å². The summed E-state index contributed by atoms with van der Waals surface area (Å²) in [6.07, 6.45) is 4.36. The molecule has 4 rings (SSSR count). The van der Waals surface area contributed by atoms with Crippen molar-refractivity contribution >= 4 is 0 Å². The summed E-state index contributed by atoms with van der Waals surface area (Å²) in [6, 6.07) is 6.06. The van der Waals surface area contributed by atoms with Crippen LogP contribution in [0.3, 0.4) is 0 Å². The maximum absolute atomic E-state index is 12.1. The third-order valence-corrected chi connectivity index (χ3v) is 6.30. The van der Waals surface area contributed by atoms with Crippen LogP contribution in [0.15, 0.2) is 23.0 Å². The summed E-state index contributed by atoms with van der Waals surface area (Å²) in [7, 11) is 1.73. The number of hydrogen-bond donors (Lipinski definition) is 0. The Balaban J connectivity index is 1.55. The van der Waals surface area contributed by atoms with Gasteiger partial charge in [-0.2, -0.15) is 4.98 Å². The molecule has 1 atom stereocenters. The van der Waals surface area contributed by atoms with Crippen molar-refractivity contribution in [2.24, 2.45) is 0 Å². The quantitative estimate of drug-likeness (QED) is 0.833. The smallest absolute Gasteiger partial charge is 0.273 e. The van der Waals surface area contributed by atoms with E-state index in [1.807, 2.05) is 0 Å². The summed E-state index contributed by atoms with van der Waals surface area (Å²) < 4.78 is 7.75. The lowest BCUT2D eigenvalue weighted by molar-refractivity contribution is 0.196. The summed E-state index contributed by atoms with van der Waals surface area (Å²) in [4.78, 5) is 18.8. The van der Waals surface area contributed by atoms with Crippen molar-refractivity contribution in [2.45, 2.75) is 58.5 Å². The summed E-state index contributed by atoms with van der Waals surface area (Å²) >= 11 is 0. The molecule has 5 heteroatoms. The number of hydrogen-bond acceptors (Lipinski definition) is 4. The highest BCUT2D eigenvalue weighted by Crippen LogP contribution is 2.31. The normalized spacial score (nSPS) is 19.9. The summed E-state index contributed by atoms with van der Waals surface area (Å²) in [6.45, 7) is 8.39. The molecule has 1 saturated heterocycles. The van der Waals surface area contributed by atoms with Gasteiger partial charge in [0.15, 0.2) is 0 Å². The number of methoxy groups -OCH3 is 1. The second kappa shape index (κ2) is 7.47. The fourth-order valence-electron chi connectivity index (χ4n) is 4.68. The zero-order valence-electron chi connectivity index (χ0n) is 16.6. The van der Waals surface area contributed by atoms with E-state index < -0.39 is 0 Å². The molecular weight excluding hydrogens is 338 g/mol. The first-order chi connectivity index (χ1) is 13.1. The van der Waals surface area contributed by atoms with Crippen LogP contribution in [0.5, 0.6) is 5.75 Å². The predicted molar refractivity (Wildman–Crippen MR) is 107 cm³/mol. The monoisotopic (exact) mass is 367 g/mol. The molecular formula is C22H29N3O2. The van der Waals surface area contributed by atoms with Crippen molar-refractivity contribution < 1.29 is 4.74 Å². The Hall–Kier alpha value is -2.14. The van der Waals surface area contributed by atoms with Gasteiger partial charge in [0, 0.05) is 43.7 Å². The largest absolute Gasteiger partial charge is 0.496 e. The van der Waals surface area contributed by atoms with Crippen LogP contribution in [0.2, 0.25) is 0 Å². The maximum atomic E-state index is 12.1. The average molecular weight is 367 g/mol. The Labute approximate surface area is 161 Å². The van der Waals surface area contributed by atoms with E-state index in [2.05, 4.69) is 40.4 Å². The average Bonchev–Trinajstić information content (AvgIpc) is 3.13. The maximum Gasteiger partial charge on any atom is 0.273 e. The third kappa shape index (κ3) is 3.53. The van der Waals surface area contributed by atoms with E-state index in [0.717, 1.165) is 57.0 Å². The molecule has 0 N–H and O–H groups in total. The van der Waals surface area contributed by atoms with Crippen LogP contribution in [-0.2, 0) is 19.5 Å². The highest BCUT2D eigenvalue weighted by Gasteiger charge is 2.26. The molecule has 0 aliphatic carbocycles. The van der Waals surface area contributed by atoms with Gasteiger partial charge in [-0.15, -0.1) is 0 Å². The summed E-state index contributed by atoms with van der Waals surface area (Å²) in [5.41, 5.74) is 5.04. The van der Waals surface area contributed by atoms with Gasteiger partial charge in [-0.05, 0) is 62.4 Å². The summed E-state index contributed by atoms with van der Waals surface area (Å²) in [5, 5.41) is 0. The number of nitrogens with zero attached hydrogens (tertiary/aromatic N) is 3. The first-order valence-electron chi connectivity index (χ1n) is 10.0. The lowest BCUT2D eigenvalue weighted by Gasteiger charge is -2.34. The first-order valence-corrected chi connectivity index (χ1v) is 10.0. The highest BCUT2D eigenvalue weighted by molar-refractivity contribution is 5.43. The molecule has 144 valence electrons. The molecule has 0 bridgehead atoms. The van der Waals surface area contributed by atoms with Crippen LogP contribution in [0.4, 0.5) is 0 Å². The Morgan fingerprint density at radius 2 is 2.04 bits per heavy atom. The molecule has 1 fully saturated rings. The van der Waals surface area contributed by atoms with Crippen molar-refractivity contribution in [3.8, 4) is 5.75 Å². The van der Waals surface area contributed by atoms with E-state index in [0.29, 0.717) is 5.92 Å². The Morgan fingerprint density at radius 1 is 1.19 bits per heavy atom. The molecule has 1 aromatic heterocycles. The van der Waals surface area contributed by atoms with E-state index in [1.54, 1.807) is 13.2 Å². The molecule has 0 saturated carbocycles. The number of rotatable bonds is 4. The molecule has 0 amide bonds. The first kappa shape index (κ1) is 18.2. The summed E-state index contributed by atoms with van der Waals surface area (Å²) in [5.74, 6) is 2.36. The Morgan fingerprint density at radius 3 is 2.85 bits per heavy atom. The molecule has 2 aromatic rings. The van der Waals surface area contributed by atoms with Crippen LogP contribution in [0.25, 0.3) is 0 Å². The SMILES string of the molecule is COc1ccc(CN2CCCC(c3cc(=O)nc4n3CCC4)C2)c(C)c1C. The zero-order chi connectivity index (χ0) is 19.0. The van der Waals surface area contributed by atoms with E-state index in [4.69, 9.17) is 4.74 Å². The highest BCUT2D eigenvalue weighted by atomic mass is 16.5. The second-order valence-corrected chi connectivity index (χ2v) is 7.94. The van der Waals surface area contributed by atoms with Crippen molar-refractivity contribution in [3.63, 3.8) is 0 Å². The van der Waals surface area contributed by atoms with Crippen molar-refractivity contribution in [3.05, 3.63) is 56.8 Å². The van der Waals surface area contributed by atoms with Crippen molar-refractivity contribution in [2.75, 3.05) is 20.2 Å². The van der Waals surface area contributed by atoms with Gasteiger partial charge in [0.25, 0.3) is 5.56 Å². The molecule has 2 aliphatic rings. The lowest BCUT2D eigenvalue weighted by atomic mass is 9.93. The van der Waals surface area contributed by atoms with Gasteiger partial charge in [-0.25, -0.2) is 0 Å². The van der Waals surface area contributed by atoms with Gasteiger partial charge in [0.05, 0.1) is 7.11 Å². The number of ether oxygens (including phenoxy) is 1. The number of aryl methyl sites for hydroxylation is 1. The molecule has 2 aliphatic heterocycles. The van der Waals surface area contributed by atoms with Crippen molar-refractivity contribution in [1.29, 1.82) is 0 Å². The minimum absolute atomic E-state index is 0.0723. The standard InChI is InChI=1S/C22H29N3O2/c1-15-16(2)20(27-3)9-8-17(15)13-24-10-4-6-18(14-24)19-12-22(26)23-21-7-5-11-25(19)21/h8-9,12,18H,4-7,10-11,13-14H2,1-3H3. The number of fused-ring (bicyclic) bond motifs is 1. The van der Waals surface area contributed by atoms with Gasteiger partial charge in [0.2, 0.25) is 0 Å². The molecule has 0 radical (unpaired) electrons. The molecule has 1 aromatic carbocycles. The third-order valence-electron chi connectivity index (χ3n) is 6.30. The number of benzene rings is 1. The van der Waals surface area contributed by atoms with Crippen LogP contribution >= 0.6 is 0 Å². The van der Waals surface area contributed by atoms with Gasteiger partial charge in [0.1, 0.15) is 11.6 Å². The van der Waals surface area contributed by atoms with E-state index in [9.17, 15) is 4.79 Å². The van der Waals surface area contributed by atoms with Gasteiger partial charge >= 0.3 is 0 Å². The number of likely N-dealkylation sites (tertiary alicyclic amines) is 1. The zero-order valence-corrected chi connectivity index (χ0v) is 16.6. The van der Waals surface area contributed by atoms with Gasteiger partial charge in [-0.1, -0.05) is 6.07 Å². The lowest BCUT2D eigenvalue weighted by Crippen LogP contribution is -2.35. The van der Waals surface area contributed by atoms with E-state index >= 15 is 0 Å². The van der Waals surface area contributed by atoms with Crippen LogP contribution in [-0.4, -0.2) is 34.7 Å².